The Kier molecular flexibility index (Phi) is 216. The van der Waals surface area contributed by atoms with Gasteiger partial charge in [-0.05, 0) is 0 Å². The maximum Gasteiger partial charge on any atom is 1.00 e. The summed E-state index contributed by atoms with van der Waals surface area (Å²) in [5, 5.41) is 107. The third-order valence-electron chi connectivity index (χ3n) is 1.000. The summed E-state index contributed by atoms with van der Waals surface area (Å²) in [5.74, 6) is -26.2. The Bertz CT molecular complexity index is 654. The first-order valence-electron chi connectivity index (χ1n) is 6.40. The maximum atomic E-state index is 8.93. The van der Waals surface area contributed by atoms with E-state index in [2.05, 4.69) is 0 Å². The van der Waals surface area contributed by atoms with Crippen molar-refractivity contribution in [1.29, 1.82) is 0 Å². The molecule has 0 rings (SSSR count). The predicted molar refractivity (Wildman–Crippen MR) is 60.1 cm³/mol. The molecule has 204 valence electrons. The molecular weight excluding hydrogens is 997 g/mol. The van der Waals surface area contributed by atoms with Crippen LogP contribution in [-0.2, 0) is 57.5 Å². The van der Waals surface area contributed by atoms with Crippen molar-refractivity contribution >= 4 is 71.6 Å². The maximum absolute atomic E-state index is 8.93. The van der Waals surface area contributed by atoms with E-state index >= 15 is 0 Å². The average molecular weight is 997 g/mol. The van der Waals surface area contributed by atoms with Crippen LogP contribution in [0.3, 0.4) is 0 Å². The van der Waals surface area contributed by atoms with Gasteiger partial charge in [-0.15, -0.1) is 0 Å². The monoisotopic (exact) mass is 995 g/mol. The average Bonchev–Trinajstić information content (AvgIpc) is 2.69. The molecule has 0 fully saturated rings. The van der Waals surface area contributed by atoms with Crippen LogP contribution in [0, 0.1) is 0 Å². The summed E-state index contributed by atoms with van der Waals surface area (Å²) < 4.78 is 0. The minimum absolute atomic E-state index is 0. The van der Waals surface area contributed by atoms with Crippen LogP contribution >= 0.6 is 0 Å². The van der Waals surface area contributed by atoms with Gasteiger partial charge in [-0.3, -0.25) is 0 Å². The normalized spacial score (nSPS) is 5.50. The Morgan fingerprint density at radius 3 is 0.167 bits per heavy atom. The third-order valence-corrected chi connectivity index (χ3v) is 1.000. The minimum atomic E-state index is -2.19. The molecule has 24 nitrogen and oxygen atoms in total. The quantitative estimate of drug-likeness (QED) is 0.161. The number of hydrogen-bond acceptors (Lipinski definition) is 24. The number of rotatable bonds is 0. The van der Waals surface area contributed by atoms with E-state index < -0.39 is 71.6 Å². The van der Waals surface area contributed by atoms with Crippen LogP contribution in [0.15, 0.2) is 0 Å². The molecule has 0 amide bonds. The van der Waals surface area contributed by atoms with Crippen molar-refractivity contribution in [1.82, 2.24) is 0 Å². The van der Waals surface area contributed by atoms with Gasteiger partial charge in [0.05, 0.1) is 71.6 Å². The number of carbonyl (C=O) groups is 12. The molecule has 0 aliphatic heterocycles. The van der Waals surface area contributed by atoms with E-state index in [0.717, 1.165) is 0 Å². The van der Waals surface area contributed by atoms with Gasteiger partial charge >= 0.3 is 617 Å². The molecule has 36 heteroatoms. The van der Waals surface area contributed by atoms with Crippen molar-refractivity contribution in [3.63, 3.8) is 0 Å². The molecular formula is C12K12O24. The van der Waals surface area contributed by atoms with Crippen LogP contribution in [0.2, 0.25) is 0 Å². The largest absolute Gasteiger partial charge is 1.00 e. The molecule has 0 aliphatic carbocycles. The molecule has 0 saturated heterocycles. The van der Waals surface area contributed by atoms with Crippen LogP contribution in [0.1, 0.15) is 0 Å². The molecule has 0 radical (unpaired) electrons. The van der Waals surface area contributed by atoms with Gasteiger partial charge in [0.1, 0.15) is 0 Å². The van der Waals surface area contributed by atoms with Crippen molar-refractivity contribution < 1.29 is 735 Å². The second-order valence-corrected chi connectivity index (χ2v) is 3.45. The molecule has 0 aromatic carbocycles. The summed E-state index contributed by atoms with van der Waals surface area (Å²) >= 11 is 0. The van der Waals surface area contributed by atoms with E-state index in [0.29, 0.717) is 0 Å². The molecule has 0 heterocycles. The van der Waals surface area contributed by atoms with E-state index in [1.54, 1.807) is 0 Å². The number of carboxylic acids is 12. The van der Waals surface area contributed by atoms with Gasteiger partial charge in [-0.25, -0.2) is 0 Å². The Morgan fingerprint density at radius 1 is 0.146 bits per heavy atom. The molecule has 0 spiro atoms. The molecule has 0 bridgehead atoms. The summed E-state index contributed by atoms with van der Waals surface area (Å²) in [7, 11) is 0. The van der Waals surface area contributed by atoms with Crippen LogP contribution in [-0.4, -0.2) is 71.6 Å². The topological polar surface area (TPSA) is 482 Å². The molecule has 0 N–H and O–H groups in total. The molecule has 0 unspecified atom stereocenters. The second kappa shape index (κ2) is 87.2. The van der Waals surface area contributed by atoms with Crippen molar-refractivity contribution in [3.05, 3.63) is 0 Å². The molecule has 0 atom stereocenters. The molecule has 0 aliphatic rings. The SMILES string of the molecule is O=C([O-])C(=O)[O-].O=C([O-])C(=O)[O-].O=C([O-])C(=O)[O-].O=C([O-])C(=O)[O-].O=C([O-])C(=O)[O-].O=C([O-])C(=O)[O-].[K+].[K+].[K+].[K+].[K+].[K+].[K+].[K+].[K+].[K+].[K+].[K+]. The summed E-state index contributed by atoms with van der Waals surface area (Å²) in [6.45, 7) is 0. The fourth-order valence-electron chi connectivity index (χ4n) is 0. The standard InChI is InChI=1S/6C2H2O4.12K/c6*3-1(4)2(5)6;;;;;;;;;;;;/h6*(H,3,4)(H,5,6);;;;;;;;;;;;/q;;;;;;12*+1/p-12. The zero-order valence-electron chi connectivity index (χ0n) is 27.8. The number of carboxylic acid groups (broad SMARTS) is 12. The van der Waals surface area contributed by atoms with Crippen molar-refractivity contribution in [2.75, 3.05) is 0 Å². The van der Waals surface area contributed by atoms with Crippen molar-refractivity contribution in [2.24, 2.45) is 0 Å². The summed E-state index contributed by atoms with van der Waals surface area (Å²) in [6, 6.07) is 0. The van der Waals surface area contributed by atoms with Crippen molar-refractivity contribution in [2.45, 2.75) is 0 Å². The molecule has 0 aromatic heterocycles. The van der Waals surface area contributed by atoms with Crippen molar-refractivity contribution in [3.8, 4) is 0 Å². The summed E-state index contributed by atoms with van der Waals surface area (Å²) in [6.07, 6.45) is 0. The first-order chi connectivity index (χ1) is 15.9. The van der Waals surface area contributed by atoms with Crippen LogP contribution in [0.4, 0.5) is 0 Å². The first kappa shape index (κ1) is 119. The summed E-state index contributed by atoms with van der Waals surface area (Å²) in [4.78, 5) is 107. The van der Waals surface area contributed by atoms with E-state index in [9.17, 15) is 0 Å². The van der Waals surface area contributed by atoms with Crippen LogP contribution < -0.4 is 678 Å². The Hall–Kier alpha value is 13.3. The van der Waals surface area contributed by atoms with E-state index in [-0.39, 0.29) is 617 Å². The van der Waals surface area contributed by atoms with Gasteiger partial charge in [0.2, 0.25) is 0 Å². The number of carbonyl (C=O) groups excluding carboxylic acids is 12. The van der Waals surface area contributed by atoms with Gasteiger partial charge in [0.25, 0.3) is 0 Å². The number of aliphatic carboxylic acids is 12. The molecule has 48 heavy (non-hydrogen) atoms. The van der Waals surface area contributed by atoms with Gasteiger partial charge in [0, 0.05) is 0 Å². The van der Waals surface area contributed by atoms with E-state index in [1.807, 2.05) is 0 Å². The van der Waals surface area contributed by atoms with E-state index in [1.165, 1.54) is 0 Å². The molecule has 0 aromatic rings. The first-order valence-corrected chi connectivity index (χ1v) is 6.40. The van der Waals surface area contributed by atoms with Gasteiger partial charge < -0.3 is 119 Å². The fraction of sp³-hybridized carbons (Fsp3) is 0. The Morgan fingerprint density at radius 2 is 0.167 bits per heavy atom. The zero-order valence-corrected chi connectivity index (χ0v) is 65.3. The zero-order chi connectivity index (χ0) is 30.9. The predicted octanol–water partition coefficient (Wildman–Crippen LogP) is -57.0. The van der Waals surface area contributed by atoms with E-state index in [4.69, 9.17) is 119 Å². The number of hydrogen-bond donors (Lipinski definition) is 0. The van der Waals surface area contributed by atoms with Gasteiger partial charge in [-0.2, -0.15) is 0 Å². The minimum Gasteiger partial charge on any atom is -0.543 e. The Balaban J connectivity index is -0.0000000134. The molecule has 0 saturated carbocycles. The fourth-order valence-corrected chi connectivity index (χ4v) is 0. The van der Waals surface area contributed by atoms with Crippen LogP contribution in [0.5, 0.6) is 0 Å². The Labute approximate surface area is 778 Å². The van der Waals surface area contributed by atoms with Crippen LogP contribution in [0.25, 0.3) is 0 Å². The van der Waals surface area contributed by atoms with Gasteiger partial charge in [0.15, 0.2) is 0 Å². The third kappa shape index (κ3) is 145. The smallest absolute Gasteiger partial charge is 0.543 e. The summed E-state index contributed by atoms with van der Waals surface area (Å²) in [5.41, 5.74) is 0. The second-order valence-electron chi connectivity index (χ2n) is 3.45. The van der Waals surface area contributed by atoms with Gasteiger partial charge in [-0.1, -0.05) is 0 Å².